The Kier molecular flexibility index (Phi) is 5.27. The van der Waals surface area contributed by atoms with Crippen LogP contribution >= 0.6 is 11.6 Å². The number of rotatable bonds is 3. The molecule has 0 fully saturated rings. The summed E-state index contributed by atoms with van der Waals surface area (Å²) >= 11 is 5.83. The fourth-order valence-electron chi connectivity index (χ4n) is 1.70. The van der Waals surface area contributed by atoms with Gasteiger partial charge < -0.3 is 5.32 Å². The number of amides is 2. The van der Waals surface area contributed by atoms with Gasteiger partial charge in [-0.3, -0.25) is 9.59 Å². The minimum Gasteiger partial charge on any atom is -0.317 e. The molecule has 2 rings (SSSR count). The van der Waals surface area contributed by atoms with E-state index >= 15 is 0 Å². The molecule has 6 heteroatoms. The van der Waals surface area contributed by atoms with Gasteiger partial charge in [-0.1, -0.05) is 41.9 Å². The van der Waals surface area contributed by atoms with Crippen LogP contribution in [0.1, 0.15) is 11.1 Å². The number of hydrazone groups is 1. The van der Waals surface area contributed by atoms with Crippen LogP contribution in [-0.4, -0.2) is 18.0 Å². The summed E-state index contributed by atoms with van der Waals surface area (Å²) in [4.78, 5) is 23.4. The largest absolute Gasteiger partial charge is 0.329 e. The molecule has 0 aliphatic carbocycles. The van der Waals surface area contributed by atoms with Crippen LogP contribution in [0.2, 0.25) is 5.02 Å². The average molecular weight is 316 g/mol. The summed E-state index contributed by atoms with van der Waals surface area (Å²) in [5.74, 6) is -1.63. The maximum absolute atomic E-state index is 11.7. The van der Waals surface area contributed by atoms with E-state index in [0.717, 1.165) is 5.56 Å². The van der Waals surface area contributed by atoms with E-state index in [4.69, 9.17) is 11.6 Å². The molecule has 0 aliphatic heterocycles. The summed E-state index contributed by atoms with van der Waals surface area (Å²) in [6.07, 6.45) is 1.41. The Morgan fingerprint density at radius 3 is 2.59 bits per heavy atom. The van der Waals surface area contributed by atoms with Crippen molar-refractivity contribution < 1.29 is 9.59 Å². The highest BCUT2D eigenvalue weighted by Gasteiger charge is 2.13. The second-order valence-electron chi connectivity index (χ2n) is 4.52. The van der Waals surface area contributed by atoms with Gasteiger partial charge in [-0.05, 0) is 36.2 Å². The summed E-state index contributed by atoms with van der Waals surface area (Å²) in [5.41, 5.74) is 4.33. The van der Waals surface area contributed by atoms with Crippen LogP contribution in [0.15, 0.2) is 53.6 Å². The van der Waals surface area contributed by atoms with Crippen LogP contribution in [0.4, 0.5) is 5.69 Å². The van der Waals surface area contributed by atoms with E-state index in [-0.39, 0.29) is 0 Å². The monoisotopic (exact) mass is 315 g/mol. The van der Waals surface area contributed by atoms with Crippen LogP contribution in [-0.2, 0) is 9.59 Å². The summed E-state index contributed by atoms with van der Waals surface area (Å²) < 4.78 is 0. The van der Waals surface area contributed by atoms with E-state index in [2.05, 4.69) is 15.8 Å². The lowest BCUT2D eigenvalue weighted by Crippen LogP contribution is -2.32. The van der Waals surface area contributed by atoms with Crippen LogP contribution in [0.3, 0.4) is 0 Å². The molecule has 0 aliphatic rings. The molecule has 0 spiro atoms. The second kappa shape index (κ2) is 7.38. The minimum atomic E-state index is -0.846. The number of carbonyl (C=O) groups is 2. The third-order valence-corrected chi connectivity index (χ3v) is 3.06. The van der Waals surface area contributed by atoms with Crippen LogP contribution in [0, 0.1) is 6.92 Å². The zero-order chi connectivity index (χ0) is 15.9. The molecule has 112 valence electrons. The normalized spacial score (nSPS) is 10.5. The van der Waals surface area contributed by atoms with E-state index in [9.17, 15) is 9.59 Å². The maximum atomic E-state index is 11.7. The molecule has 22 heavy (non-hydrogen) atoms. The highest BCUT2D eigenvalue weighted by Crippen LogP contribution is 2.12. The van der Waals surface area contributed by atoms with Crippen LogP contribution in [0.25, 0.3) is 0 Å². The Morgan fingerprint density at radius 1 is 1.09 bits per heavy atom. The molecule has 2 aromatic carbocycles. The van der Waals surface area contributed by atoms with Gasteiger partial charge in [0, 0.05) is 10.7 Å². The lowest BCUT2D eigenvalue weighted by atomic mass is 10.2. The quantitative estimate of drug-likeness (QED) is 0.519. The van der Waals surface area contributed by atoms with Crippen molar-refractivity contribution in [2.24, 2.45) is 5.10 Å². The molecular weight excluding hydrogens is 302 g/mol. The Hall–Kier alpha value is -2.66. The lowest BCUT2D eigenvalue weighted by molar-refractivity contribution is -0.136. The predicted molar refractivity (Wildman–Crippen MR) is 87.0 cm³/mol. The van der Waals surface area contributed by atoms with Crippen molar-refractivity contribution in [3.8, 4) is 0 Å². The second-order valence-corrected chi connectivity index (χ2v) is 4.96. The molecule has 2 N–H and O–H groups in total. The van der Waals surface area contributed by atoms with E-state index in [1.807, 2.05) is 19.1 Å². The number of halogens is 1. The lowest BCUT2D eigenvalue weighted by Gasteiger charge is -2.06. The van der Waals surface area contributed by atoms with E-state index < -0.39 is 11.8 Å². The Balaban J connectivity index is 1.92. The summed E-state index contributed by atoms with van der Waals surface area (Å²) in [7, 11) is 0. The van der Waals surface area contributed by atoms with Crippen molar-refractivity contribution >= 4 is 35.3 Å². The fourth-order valence-corrected chi connectivity index (χ4v) is 1.89. The first-order chi connectivity index (χ1) is 10.6. The minimum absolute atomic E-state index is 0.563. The van der Waals surface area contributed by atoms with E-state index in [1.165, 1.54) is 6.21 Å². The Morgan fingerprint density at radius 2 is 1.86 bits per heavy atom. The highest BCUT2D eigenvalue weighted by molar-refractivity contribution is 6.39. The Labute approximate surface area is 133 Å². The van der Waals surface area contributed by atoms with Gasteiger partial charge >= 0.3 is 11.8 Å². The summed E-state index contributed by atoms with van der Waals surface area (Å²) in [5, 5.41) is 6.81. The smallest absolute Gasteiger partial charge is 0.317 e. The molecule has 0 atom stereocenters. The number of anilines is 1. The molecule has 0 aromatic heterocycles. The third kappa shape index (κ3) is 4.43. The molecule has 0 radical (unpaired) electrons. The number of nitrogens with one attached hydrogen (secondary N) is 2. The van der Waals surface area contributed by atoms with Crippen molar-refractivity contribution in [3.63, 3.8) is 0 Å². The number of carbonyl (C=O) groups excluding carboxylic acids is 2. The number of para-hydroxylation sites is 1. The molecule has 0 unspecified atom stereocenters. The van der Waals surface area contributed by atoms with Gasteiger partial charge in [0.25, 0.3) is 0 Å². The van der Waals surface area contributed by atoms with Crippen LogP contribution < -0.4 is 10.7 Å². The van der Waals surface area contributed by atoms with Crippen LogP contribution in [0.5, 0.6) is 0 Å². The number of hydrogen-bond acceptors (Lipinski definition) is 3. The third-order valence-electron chi connectivity index (χ3n) is 2.83. The molecule has 0 saturated carbocycles. The first-order valence-electron chi connectivity index (χ1n) is 6.52. The van der Waals surface area contributed by atoms with Crippen molar-refractivity contribution in [3.05, 3.63) is 64.7 Å². The highest BCUT2D eigenvalue weighted by atomic mass is 35.5. The number of nitrogens with zero attached hydrogens (tertiary/aromatic N) is 1. The van der Waals surface area contributed by atoms with Crippen molar-refractivity contribution in [1.29, 1.82) is 0 Å². The molecule has 2 aromatic rings. The van der Waals surface area contributed by atoms with Gasteiger partial charge in [-0.2, -0.15) is 5.10 Å². The zero-order valence-electron chi connectivity index (χ0n) is 11.8. The first kappa shape index (κ1) is 15.7. The van der Waals surface area contributed by atoms with Gasteiger partial charge in [0.2, 0.25) is 0 Å². The van der Waals surface area contributed by atoms with E-state index in [1.54, 1.807) is 36.4 Å². The first-order valence-corrected chi connectivity index (χ1v) is 6.89. The van der Waals surface area contributed by atoms with Crippen molar-refractivity contribution in [2.75, 3.05) is 5.32 Å². The molecule has 2 amide bonds. The topological polar surface area (TPSA) is 70.6 Å². The molecule has 0 heterocycles. The average Bonchev–Trinajstić information content (AvgIpc) is 2.49. The van der Waals surface area contributed by atoms with Gasteiger partial charge in [0.15, 0.2) is 0 Å². The maximum Gasteiger partial charge on any atom is 0.329 e. The number of benzene rings is 2. The van der Waals surface area contributed by atoms with E-state index in [0.29, 0.717) is 16.3 Å². The molecular formula is C16H14ClN3O2. The van der Waals surface area contributed by atoms with Crippen molar-refractivity contribution in [1.82, 2.24) is 5.43 Å². The van der Waals surface area contributed by atoms with Crippen molar-refractivity contribution in [2.45, 2.75) is 6.92 Å². The number of hydrogen-bond donors (Lipinski definition) is 2. The van der Waals surface area contributed by atoms with Gasteiger partial charge in [0.1, 0.15) is 0 Å². The van der Waals surface area contributed by atoms with Gasteiger partial charge in [0.05, 0.1) is 6.21 Å². The van der Waals surface area contributed by atoms with Gasteiger partial charge in [-0.15, -0.1) is 0 Å². The molecule has 0 saturated heterocycles. The SMILES string of the molecule is Cc1ccccc1NC(=O)C(=O)N/N=C/c1cccc(Cl)c1. The van der Waals surface area contributed by atoms with Gasteiger partial charge in [-0.25, -0.2) is 5.43 Å². The summed E-state index contributed by atoms with van der Waals surface area (Å²) in [6, 6.07) is 14.1. The zero-order valence-corrected chi connectivity index (χ0v) is 12.6. The molecule has 5 nitrogen and oxygen atoms in total. The standard InChI is InChI=1S/C16H14ClN3O2/c1-11-5-2-3-8-14(11)19-15(21)16(22)20-18-10-12-6-4-7-13(17)9-12/h2-10H,1H3,(H,19,21)(H,20,22)/b18-10+. The molecule has 0 bridgehead atoms. The summed E-state index contributed by atoms with van der Waals surface area (Å²) in [6.45, 7) is 1.84. The Bertz CT molecular complexity index is 729. The number of aryl methyl sites for hydroxylation is 1. The predicted octanol–water partition coefficient (Wildman–Crippen LogP) is 2.74. The fraction of sp³-hybridized carbons (Fsp3) is 0.0625.